The average molecular weight is 380 g/mol. The molecule has 5 heteroatoms. The summed E-state index contributed by atoms with van der Waals surface area (Å²) in [7, 11) is 1.80. The van der Waals surface area contributed by atoms with Crippen LogP contribution in [0.4, 0.5) is 0 Å². The Balaban J connectivity index is 1.57. The van der Waals surface area contributed by atoms with Crippen LogP contribution in [0.3, 0.4) is 0 Å². The van der Waals surface area contributed by atoms with E-state index in [2.05, 4.69) is 37.0 Å². The molecule has 4 rings (SSSR count). The van der Waals surface area contributed by atoms with E-state index in [9.17, 15) is 0 Å². The van der Waals surface area contributed by atoms with Gasteiger partial charge in [-0.3, -0.25) is 4.98 Å². The number of benzene rings is 1. The van der Waals surface area contributed by atoms with Crippen molar-refractivity contribution >= 4 is 10.9 Å². The van der Waals surface area contributed by atoms with Gasteiger partial charge in [0.25, 0.3) is 0 Å². The Morgan fingerprint density at radius 1 is 1.14 bits per heavy atom. The molecule has 148 valence electrons. The lowest BCUT2D eigenvalue weighted by atomic mass is 9.67. The zero-order valence-corrected chi connectivity index (χ0v) is 17.1. The number of methoxy groups -OCH3 is 1. The number of pyridine rings is 1. The quantitative estimate of drug-likeness (QED) is 0.694. The van der Waals surface area contributed by atoms with E-state index >= 15 is 0 Å². The summed E-state index contributed by atoms with van der Waals surface area (Å²) in [5.74, 6) is 1.02. The lowest BCUT2D eigenvalue weighted by molar-refractivity contribution is -0.109. The van der Waals surface area contributed by atoms with Crippen molar-refractivity contribution in [3.63, 3.8) is 0 Å². The molecule has 1 N–H and O–H groups in total. The summed E-state index contributed by atoms with van der Waals surface area (Å²) < 4.78 is 12.4. The zero-order valence-electron chi connectivity index (χ0n) is 17.1. The molecule has 28 heavy (non-hydrogen) atoms. The number of imidazole rings is 1. The molecule has 1 aliphatic rings. The highest BCUT2D eigenvalue weighted by atomic mass is 16.5. The van der Waals surface area contributed by atoms with Gasteiger partial charge in [0.15, 0.2) is 0 Å². The smallest absolute Gasteiger partial charge is 0.103 e. The van der Waals surface area contributed by atoms with Gasteiger partial charge in [0.1, 0.15) is 5.82 Å². The highest BCUT2D eigenvalue weighted by Crippen LogP contribution is 2.46. The number of rotatable bonds is 5. The first-order valence-electron chi connectivity index (χ1n) is 9.99. The number of H-pyrrole nitrogens is 1. The van der Waals surface area contributed by atoms with Crippen molar-refractivity contribution < 1.29 is 9.47 Å². The minimum atomic E-state index is 0.0499. The van der Waals surface area contributed by atoms with Crippen LogP contribution >= 0.6 is 0 Å². The number of hydrogen-bond donors (Lipinski definition) is 1. The Morgan fingerprint density at radius 2 is 1.96 bits per heavy atom. The van der Waals surface area contributed by atoms with Crippen LogP contribution in [0.1, 0.15) is 49.8 Å². The Labute approximate surface area is 166 Å². The van der Waals surface area contributed by atoms with Gasteiger partial charge in [-0.25, -0.2) is 4.98 Å². The maximum Gasteiger partial charge on any atom is 0.103 e. The second-order valence-corrected chi connectivity index (χ2v) is 8.46. The topological polar surface area (TPSA) is 60.0 Å². The minimum absolute atomic E-state index is 0.0499. The summed E-state index contributed by atoms with van der Waals surface area (Å²) >= 11 is 0. The van der Waals surface area contributed by atoms with E-state index < -0.39 is 0 Å². The molecule has 1 aromatic carbocycles. The first-order valence-corrected chi connectivity index (χ1v) is 9.99. The fourth-order valence-electron chi connectivity index (χ4n) is 4.50. The van der Waals surface area contributed by atoms with Crippen LogP contribution < -0.4 is 0 Å². The molecule has 1 fully saturated rings. The molecule has 0 radical (unpaired) electrons. The van der Waals surface area contributed by atoms with Crippen LogP contribution in [0, 0.1) is 12.3 Å². The number of aromatic nitrogens is 3. The third kappa shape index (κ3) is 3.69. The highest BCUT2D eigenvalue weighted by molar-refractivity contribution is 5.78. The molecule has 3 aromatic rings. The number of nitrogens with zero attached hydrogens (tertiary/aromatic N) is 2. The summed E-state index contributed by atoms with van der Waals surface area (Å²) in [4.78, 5) is 12.7. The normalized spacial score (nSPS) is 24.5. The van der Waals surface area contributed by atoms with Crippen LogP contribution in [0.25, 0.3) is 10.9 Å². The highest BCUT2D eigenvalue weighted by Gasteiger charge is 2.46. The predicted molar refractivity (Wildman–Crippen MR) is 110 cm³/mol. The van der Waals surface area contributed by atoms with Gasteiger partial charge in [-0.2, -0.15) is 0 Å². The molecule has 1 saturated carbocycles. The van der Waals surface area contributed by atoms with Crippen molar-refractivity contribution in [3.8, 4) is 0 Å². The van der Waals surface area contributed by atoms with E-state index in [0.717, 1.165) is 41.0 Å². The zero-order chi connectivity index (χ0) is 19.7. The monoisotopic (exact) mass is 379 g/mol. The average Bonchev–Trinajstić information content (AvgIpc) is 3.12. The molecule has 3 atom stereocenters. The molecule has 0 aliphatic heterocycles. The number of fused-ring (bicyclic) bond motifs is 1. The molecule has 5 nitrogen and oxygen atoms in total. The van der Waals surface area contributed by atoms with E-state index in [1.807, 2.05) is 31.3 Å². The minimum Gasteiger partial charge on any atom is -0.380 e. The van der Waals surface area contributed by atoms with E-state index in [-0.39, 0.29) is 23.5 Å². The molecular formula is C23H29N3O2. The van der Waals surface area contributed by atoms with E-state index in [4.69, 9.17) is 19.4 Å². The number of aromatic amines is 1. The van der Waals surface area contributed by atoms with Gasteiger partial charge < -0.3 is 14.5 Å². The van der Waals surface area contributed by atoms with Crippen molar-refractivity contribution in [1.29, 1.82) is 0 Å². The Kier molecular flexibility index (Phi) is 5.21. The van der Waals surface area contributed by atoms with Gasteiger partial charge in [0, 0.05) is 18.7 Å². The van der Waals surface area contributed by atoms with Gasteiger partial charge >= 0.3 is 0 Å². The summed E-state index contributed by atoms with van der Waals surface area (Å²) in [6.07, 6.45) is 4.14. The molecule has 0 bridgehead atoms. The van der Waals surface area contributed by atoms with Crippen LogP contribution in [0.2, 0.25) is 0 Å². The number of aryl methyl sites for hydroxylation is 1. The summed E-state index contributed by atoms with van der Waals surface area (Å²) in [5.41, 5.74) is 3.05. The van der Waals surface area contributed by atoms with Crippen LogP contribution in [-0.2, 0) is 16.1 Å². The summed E-state index contributed by atoms with van der Waals surface area (Å²) in [6.45, 7) is 7.02. The van der Waals surface area contributed by atoms with Crippen molar-refractivity contribution in [2.24, 2.45) is 5.41 Å². The molecular weight excluding hydrogens is 350 g/mol. The SMILES string of the molecule is COC1C(c2c[nH]c(C)n2)C(OCc2ccc3ccccc3n2)CCC1(C)C. The van der Waals surface area contributed by atoms with Gasteiger partial charge in [0.2, 0.25) is 0 Å². The summed E-state index contributed by atoms with van der Waals surface area (Å²) in [6, 6.07) is 12.3. The van der Waals surface area contributed by atoms with Crippen molar-refractivity contribution in [1.82, 2.24) is 15.0 Å². The second kappa shape index (κ2) is 7.64. The summed E-state index contributed by atoms with van der Waals surface area (Å²) in [5, 5.41) is 1.15. The third-order valence-electron chi connectivity index (χ3n) is 5.99. The molecule has 0 amide bonds. The van der Waals surface area contributed by atoms with Gasteiger partial charge in [-0.1, -0.05) is 38.1 Å². The molecule has 0 spiro atoms. The first kappa shape index (κ1) is 19.1. The molecule has 1 aliphatic carbocycles. The maximum atomic E-state index is 6.42. The number of ether oxygens (including phenoxy) is 2. The molecule has 0 saturated heterocycles. The van der Waals surface area contributed by atoms with Gasteiger partial charge in [0.05, 0.1) is 41.6 Å². The fraction of sp³-hybridized carbons (Fsp3) is 0.478. The number of para-hydroxylation sites is 1. The van der Waals surface area contributed by atoms with Crippen molar-refractivity contribution in [3.05, 3.63) is 59.8 Å². The Hall–Kier alpha value is -2.24. The maximum absolute atomic E-state index is 6.42. The Morgan fingerprint density at radius 3 is 2.71 bits per heavy atom. The number of hydrogen-bond acceptors (Lipinski definition) is 4. The number of nitrogens with one attached hydrogen (secondary N) is 1. The second-order valence-electron chi connectivity index (χ2n) is 8.46. The van der Waals surface area contributed by atoms with Crippen molar-refractivity contribution in [2.75, 3.05) is 7.11 Å². The lowest BCUT2D eigenvalue weighted by Crippen LogP contribution is -2.47. The van der Waals surface area contributed by atoms with Crippen molar-refractivity contribution in [2.45, 2.75) is 58.3 Å². The van der Waals surface area contributed by atoms with Crippen LogP contribution in [0.15, 0.2) is 42.6 Å². The molecule has 3 unspecified atom stereocenters. The van der Waals surface area contributed by atoms with Crippen LogP contribution in [0.5, 0.6) is 0 Å². The van der Waals surface area contributed by atoms with E-state index in [1.54, 1.807) is 7.11 Å². The van der Waals surface area contributed by atoms with E-state index in [0.29, 0.717) is 6.61 Å². The lowest BCUT2D eigenvalue weighted by Gasteiger charge is -2.46. The molecule has 2 aromatic heterocycles. The third-order valence-corrected chi connectivity index (χ3v) is 5.99. The Bertz CT molecular complexity index is 950. The van der Waals surface area contributed by atoms with E-state index in [1.165, 1.54) is 0 Å². The van der Waals surface area contributed by atoms with Gasteiger partial charge in [-0.05, 0) is 37.3 Å². The predicted octanol–water partition coefficient (Wildman–Crippen LogP) is 4.77. The van der Waals surface area contributed by atoms with Gasteiger partial charge in [-0.15, -0.1) is 0 Å². The fourth-order valence-corrected chi connectivity index (χ4v) is 4.50. The molecule has 2 heterocycles. The van der Waals surface area contributed by atoms with Crippen LogP contribution in [-0.4, -0.2) is 34.3 Å². The first-order chi connectivity index (χ1) is 13.5. The largest absolute Gasteiger partial charge is 0.380 e. The standard InChI is InChI=1S/C23H29N3O2/c1-15-24-13-19(25-15)21-20(11-12-23(2,3)22(21)27-4)28-14-17-10-9-16-7-5-6-8-18(16)26-17/h5-10,13,20-22H,11-12,14H2,1-4H3,(H,24,25).